The van der Waals surface area contributed by atoms with Crippen molar-refractivity contribution in [3.63, 3.8) is 0 Å². The highest BCUT2D eigenvalue weighted by atomic mass is 16.3. The predicted molar refractivity (Wildman–Crippen MR) is 59.0 cm³/mol. The first-order valence-corrected chi connectivity index (χ1v) is 5.30. The lowest BCUT2D eigenvalue weighted by atomic mass is 9.93. The Morgan fingerprint density at radius 2 is 1.87 bits per heavy atom. The van der Waals surface area contributed by atoms with Crippen molar-refractivity contribution in [1.29, 1.82) is 0 Å². The van der Waals surface area contributed by atoms with Crippen LogP contribution in [-0.2, 0) is 0 Å². The molecule has 15 heavy (non-hydrogen) atoms. The molecule has 0 amide bonds. The summed E-state index contributed by atoms with van der Waals surface area (Å²) < 4.78 is 0. The quantitative estimate of drug-likeness (QED) is 0.748. The first kappa shape index (κ1) is 9.97. The molecule has 1 aliphatic carbocycles. The monoisotopic (exact) mass is 202 g/mol. The van der Waals surface area contributed by atoms with Gasteiger partial charge in [0.1, 0.15) is 5.75 Å². The summed E-state index contributed by atoms with van der Waals surface area (Å²) in [6, 6.07) is 6.45. The maximum atomic E-state index is 12.0. The molecule has 0 bridgehead atoms. The van der Waals surface area contributed by atoms with Gasteiger partial charge in [-0.25, -0.2) is 0 Å². The Balaban J connectivity index is 2.20. The third-order valence-electron chi connectivity index (χ3n) is 2.71. The fourth-order valence-electron chi connectivity index (χ4n) is 1.84. The Bertz CT molecular complexity index is 388. The zero-order valence-electron chi connectivity index (χ0n) is 8.57. The van der Waals surface area contributed by atoms with E-state index in [4.69, 9.17) is 5.11 Å². The number of ketones is 1. The van der Waals surface area contributed by atoms with Crippen LogP contribution >= 0.6 is 0 Å². The van der Waals surface area contributed by atoms with Crippen LogP contribution in [0.5, 0.6) is 5.75 Å². The van der Waals surface area contributed by atoms with Gasteiger partial charge in [0.05, 0.1) is 0 Å². The Kier molecular flexibility index (Phi) is 2.86. The molecular weight excluding hydrogens is 188 g/mol. The van der Waals surface area contributed by atoms with Crippen LogP contribution in [-0.4, -0.2) is 10.9 Å². The van der Waals surface area contributed by atoms with Gasteiger partial charge in [-0.1, -0.05) is 6.08 Å². The molecule has 78 valence electrons. The molecule has 0 unspecified atom stereocenters. The number of hydrogen-bond donors (Lipinski definition) is 1. The largest absolute Gasteiger partial charge is 0.508 e. The molecule has 2 nitrogen and oxygen atoms in total. The lowest BCUT2D eigenvalue weighted by Gasteiger charge is -2.11. The van der Waals surface area contributed by atoms with Gasteiger partial charge in [-0.2, -0.15) is 0 Å². The van der Waals surface area contributed by atoms with Crippen molar-refractivity contribution in [2.24, 2.45) is 0 Å². The SMILES string of the molecule is O=C(C1=CCCCC1)c1ccc(O)cc1. The Hall–Kier alpha value is -1.57. The summed E-state index contributed by atoms with van der Waals surface area (Å²) in [7, 11) is 0. The van der Waals surface area contributed by atoms with E-state index in [9.17, 15) is 4.79 Å². The van der Waals surface area contributed by atoms with E-state index in [1.807, 2.05) is 6.08 Å². The zero-order valence-corrected chi connectivity index (χ0v) is 8.57. The first-order chi connectivity index (χ1) is 7.27. The van der Waals surface area contributed by atoms with Gasteiger partial charge in [0.25, 0.3) is 0 Å². The lowest BCUT2D eigenvalue weighted by Crippen LogP contribution is -2.06. The average Bonchev–Trinajstić information content (AvgIpc) is 2.30. The molecule has 0 saturated heterocycles. The number of aromatic hydroxyl groups is 1. The molecule has 1 N–H and O–H groups in total. The van der Waals surface area contributed by atoms with Crippen LogP contribution in [0, 0.1) is 0 Å². The van der Waals surface area contributed by atoms with Gasteiger partial charge in [0.15, 0.2) is 5.78 Å². The van der Waals surface area contributed by atoms with E-state index in [1.54, 1.807) is 24.3 Å². The Morgan fingerprint density at radius 1 is 1.13 bits per heavy atom. The number of phenols is 1. The minimum Gasteiger partial charge on any atom is -0.508 e. The molecule has 2 heteroatoms. The van der Waals surface area contributed by atoms with Crippen LogP contribution < -0.4 is 0 Å². The van der Waals surface area contributed by atoms with Crippen molar-refractivity contribution in [3.8, 4) is 5.75 Å². The maximum Gasteiger partial charge on any atom is 0.188 e. The number of rotatable bonds is 2. The summed E-state index contributed by atoms with van der Waals surface area (Å²) in [6.45, 7) is 0. The smallest absolute Gasteiger partial charge is 0.188 e. The molecule has 2 rings (SSSR count). The van der Waals surface area contributed by atoms with Gasteiger partial charge in [0, 0.05) is 5.56 Å². The van der Waals surface area contributed by atoms with Crippen molar-refractivity contribution >= 4 is 5.78 Å². The van der Waals surface area contributed by atoms with Crippen LogP contribution in [0.2, 0.25) is 0 Å². The average molecular weight is 202 g/mol. The maximum absolute atomic E-state index is 12.0. The molecule has 1 aromatic carbocycles. The van der Waals surface area contributed by atoms with Crippen molar-refractivity contribution < 1.29 is 9.90 Å². The summed E-state index contributed by atoms with van der Waals surface area (Å²) in [6.07, 6.45) is 6.24. The summed E-state index contributed by atoms with van der Waals surface area (Å²) in [5.74, 6) is 0.305. The molecule has 1 aromatic rings. The standard InChI is InChI=1S/C13H14O2/c14-12-8-6-11(7-9-12)13(15)10-4-2-1-3-5-10/h4,6-9,14H,1-3,5H2. The van der Waals surface area contributed by atoms with Crippen LogP contribution in [0.15, 0.2) is 35.9 Å². The highest BCUT2D eigenvalue weighted by molar-refractivity contribution is 6.08. The lowest BCUT2D eigenvalue weighted by molar-refractivity contribution is 0.102. The van der Waals surface area contributed by atoms with E-state index in [1.165, 1.54) is 6.42 Å². The van der Waals surface area contributed by atoms with E-state index in [2.05, 4.69) is 0 Å². The van der Waals surface area contributed by atoms with Gasteiger partial charge in [-0.05, 0) is 55.5 Å². The van der Waals surface area contributed by atoms with E-state index in [-0.39, 0.29) is 11.5 Å². The van der Waals surface area contributed by atoms with Gasteiger partial charge >= 0.3 is 0 Å². The van der Waals surface area contributed by atoms with E-state index >= 15 is 0 Å². The molecule has 0 aliphatic heterocycles. The number of benzene rings is 1. The van der Waals surface area contributed by atoms with Gasteiger partial charge in [0.2, 0.25) is 0 Å². The highest BCUT2D eigenvalue weighted by Crippen LogP contribution is 2.22. The molecule has 0 saturated carbocycles. The van der Waals surface area contributed by atoms with Crippen LogP contribution in [0.4, 0.5) is 0 Å². The molecule has 0 fully saturated rings. The third-order valence-corrected chi connectivity index (χ3v) is 2.71. The minimum atomic E-state index is 0.106. The van der Waals surface area contributed by atoms with Gasteiger partial charge in [-0.15, -0.1) is 0 Å². The van der Waals surface area contributed by atoms with Crippen molar-refractivity contribution in [3.05, 3.63) is 41.5 Å². The highest BCUT2D eigenvalue weighted by Gasteiger charge is 2.13. The second-order valence-corrected chi connectivity index (χ2v) is 3.85. The second kappa shape index (κ2) is 4.30. The van der Waals surface area contributed by atoms with E-state index in [0.717, 1.165) is 24.8 Å². The number of carbonyl (C=O) groups excluding carboxylic acids is 1. The molecule has 1 aliphatic rings. The minimum absolute atomic E-state index is 0.106. The summed E-state index contributed by atoms with van der Waals surface area (Å²) in [4.78, 5) is 12.0. The van der Waals surface area contributed by atoms with Crippen LogP contribution in [0.25, 0.3) is 0 Å². The van der Waals surface area contributed by atoms with Crippen molar-refractivity contribution in [1.82, 2.24) is 0 Å². The van der Waals surface area contributed by atoms with E-state index in [0.29, 0.717) is 5.56 Å². The zero-order chi connectivity index (χ0) is 10.7. The van der Waals surface area contributed by atoms with Gasteiger partial charge in [-0.3, -0.25) is 4.79 Å². The topological polar surface area (TPSA) is 37.3 Å². The first-order valence-electron chi connectivity index (χ1n) is 5.30. The third kappa shape index (κ3) is 2.27. The molecule has 0 atom stereocenters. The molecule has 0 heterocycles. The molecule has 0 spiro atoms. The fraction of sp³-hybridized carbons (Fsp3) is 0.308. The van der Waals surface area contributed by atoms with Crippen LogP contribution in [0.1, 0.15) is 36.0 Å². The summed E-state index contributed by atoms with van der Waals surface area (Å²) in [5.41, 5.74) is 1.59. The number of hydrogen-bond acceptors (Lipinski definition) is 2. The predicted octanol–water partition coefficient (Wildman–Crippen LogP) is 3.08. The summed E-state index contributed by atoms with van der Waals surface area (Å²) >= 11 is 0. The number of Topliss-reactive ketones (excluding diaryl/α,β-unsaturated/α-hetero) is 1. The summed E-state index contributed by atoms with van der Waals surface area (Å²) in [5, 5.41) is 9.12. The second-order valence-electron chi connectivity index (χ2n) is 3.85. The van der Waals surface area contributed by atoms with Crippen molar-refractivity contribution in [2.45, 2.75) is 25.7 Å². The van der Waals surface area contributed by atoms with Crippen LogP contribution in [0.3, 0.4) is 0 Å². The Labute approximate surface area is 89.2 Å². The molecule has 0 radical (unpaired) electrons. The number of carbonyl (C=O) groups is 1. The van der Waals surface area contributed by atoms with E-state index < -0.39 is 0 Å². The normalized spacial score (nSPS) is 15.9. The number of allylic oxidation sites excluding steroid dienone is 2. The number of phenolic OH excluding ortho intramolecular Hbond substituents is 1. The molecule has 0 aromatic heterocycles. The van der Waals surface area contributed by atoms with Gasteiger partial charge < -0.3 is 5.11 Å². The fourth-order valence-corrected chi connectivity index (χ4v) is 1.84. The Morgan fingerprint density at radius 3 is 2.47 bits per heavy atom. The van der Waals surface area contributed by atoms with Crippen molar-refractivity contribution in [2.75, 3.05) is 0 Å². The molecular formula is C13H14O2.